The summed E-state index contributed by atoms with van der Waals surface area (Å²) in [7, 11) is 0. The van der Waals surface area contributed by atoms with Gasteiger partial charge in [-0.3, -0.25) is 4.98 Å². The topological polar surface area (TPSA) is 87.6 Å². The van der Waals surface area contributed by atoms with Gasteiger partial charge >= 0.3 is 6.09 Å². The number of para-hydroxylation sites is 1. The first kappa shape index (κ1) is 28.8. The van der Waals surface area contributed by atoms with Gasteiger partial charge in [-0.05, 0) is 86.6 Å². The number of hydrogen-bond acceptors (Lipinski definition) is 6. The molecule has 1 amide bonds. The van der Waals surface area contributed by atoms with E-state index in [4.69, 9.17) is 14.7 Å². The molecule has 0 bridgehead atoms. The predicted molar refractivity (Wildman–Crippen MR) is 163 cm³/mol. The molecule has 2 aliphatic rings. The molecule has 0 spiro atoms. The fraction of sp³-hybridized carbons (Fsp3) is 0.441. The lowest BCUT2D eigenvalue weighted by Crippen LogP contribution is -2.41. The summed E-state index contributed by atoms with van der Waals surface area (Å²) < 4.78 is 5.67. The number of rotatable bonds is 9. The molecular formula is C34H42N4O3. The van der Waals surface area contributed by atoms with E-state index in [0.717, 1.165) is 61.3 Å². The number of aliphatic hydroxyl groups is 1. The number of alkyl carbamates (subject to hydrolysis) is 1. The number of ether oxygens (including phenoxy) is 1. The van der Waals surface area contributed by atoms with E-state index in [1.165, 1.54) is 11.1 Å². The summed E-state index contributed by atoms with van der Waals surface area (Å²) in [5, 5.41) is 13.5. The minimum Gasteiger partial charge on any atom is -0.444 e. The number of hydrogen-bond donors (Lipinski definition) is 2. The number of aromatic nitrogens is 2. The van der Waals surface area contributed by atoms with Crippen LogP contribution in [0.4, 0.5) is 16.3 Å². The van der Waals surface area contributed by atoms with Crippen LogP contribution in [0.2, 0.25) is 0 Å². The molecule has 1 unspecified atom stereocenters. The number of allylic oxidation sites excluding steroid dienone is 1. The lowest BCUT2D eigenvalue weighted by Gasteiger charge is -2.37. The molecule has 2 heterocycles. The normalized spacial score (nSPS) is 19.5. The van der Waals surface area contributed by atoms with Crippen molar-refractivity contribution in [1.29, 1.82) is 0 Å². The van der Waals surface area contributed by atoms with Crippen molar-refractivity contribution in [3.63, 3.8) is 0 Å². The minimum absolute atomic E-state index is 0.165. The third-order valence-corrected chi connectivity index (χ3v) is 8.33. The van der Waals surface area contributed by atoms with E-state index in [1.54, 1.807) is 6.20 Å². The number of nitrogens with one attached hydrogen (secondary N) is 1. The number of anilines is 2. The second-order valence-electron chi connectivity index (χ2n) is 12.4. The number of benzene rings is 2. The van der Waals surface area contributed by atoms with Crippen molar-refractivity contribution in [2.24, 2.45) is 5.41 Å². The Bertz CT molecular complexity index is 1430. The number of nitrogens with zero attached hydrogens (tertiary/aromatic N) is 3. The third-order valence-electron chi connectivity index (χ3n) is 8.33. The van der Waals surface area contributed by atoms with Crippen LogP contribution in [0.3, 0.4) is 0 Å². The maximum Gasteiger partial charge on any atom is 0.408 e. The van der Waals surface area contributed by atoms with Crippen LogP contribution >= 0.6 is 0 Å². The van der Waals surface area contributed by atoms with E-state index in [1.807, 2.05) is 32.9 Å². The Balaban J connectivity index is 1.37. The first-order valence-electron chi connectivity index (χ1n) is 14.7. The van der Waals surface area contributed by atoms with Gasteiger partial charge in [0.05, 0.1) is 30.2 Å². The van der Waals surface area contributed by atoms with Crippen molar-refractivity contribution in [1.82, 2.24) is 15.3 Å². The van der Waals surface area contributed by atoms with Gasteiger partial charge in [0.15, 0.2) is 5.82 Å². The Hall–Kier alpha value is -3.71. The highest BCUT2D eigenvalue weighted by molar-refractivity contribution is 5.70. The summed E-state index contributed by atoms with van der Waals surface area (Å²) in [6, 6.07) is 16.6. The minimum atomic E-state index is -0.577. The Morgan fingerprint density at radius 1 is 1.15 bits per heavy atom. The molecule has 3 aromatic rings. The number of amides is 1. The second-order valence-corrected chi connectivity index (χ2v) is 12.4. The molecule has 5 rings (SSSR count). The fourth-order valence-electron chi connectivity index (χ4n) is 6.58. The molecular weight excluding hydrogens is 512 g/mol. The highest BCUT2D eigenvalue weighted by Gasteiger charge is 2.46. The van der Waals surface area contributed by atoms with E-state index in [2.05, 4.69) is 60.1 Å². The lowest BCUT2D eigenvalue weighted by molar-refractivity contribution is 0.0435. The summed E-state index contributed by atoms with van der Waals surface area (Å²) in [5.74, 6) is 0.742. The molecule has 0 saturated heterocycles. The molecule has 2 N–H and O–H groups in total. The zero-order chi connectivity index (χ0) is 29.2. The molecule has 2 atom stereocenters. The largest absolute Gasteiger partial charge is 0.444 e. The SMILES string of the molecule is C=C(CCC1(CCC)Cc2ccccc2[C@H]1NC(=O)OC(C)(C)C)c1ncc(N2CCc3ccccc32)nc1CO. The zero-order valence-corrected chi connectivity index (χ0v) is 24.7. The van der Waals surface area contributed by atoms with E-state index in [0.29, 0.717) is 17.8 Å². The quantitative estimate of drug-likeness (QED) is 0.294. The maximum atomic E-state index is 13.0. The first-order valence-corrected chi connectivity index (χ1v) is 14.7. The summed E-state index contributed by atoms with van der Waals surface area (Å²) in [6.07, 6.45) is 6.64. The van der Waals surface area contributed by atoms with Gasteiger partial charge in [-0.15, -0.1) is 0 Å². The predicted octanol–water partition coefficient (Wildman–Crippen LogP) is 7.07. The van der Waals surface area contributed by atoms with Crippen molar-refractivity contribution in [2.75, 3.05) is 11.4 Å². The number of carbonyl (C=O) groups is 1. The van der Waals surface area contributed by atoms with Crippen LogP contribution in [0, 0.1) is 5.41 Å². The van der Waals surface area contributed by atoms with Gasteiger partial charge in [-0.2, -0.15) is 0 Å². The van der Waals surface area contributed by atoms with Crippen LogP contribution in [0.25, 0.3) is 5.57 Å². The van der Waals surface area contributed by atoms with Gasteiger partial charge in [-0.25, -0.2) is 9.78 Å². The van der Waals surface area contributed by atoms with Crippen LogP contribution in [0.5, 0.6) is 0 Å². The van der Waals surface area contributed by atoms with Crippen LogP contribution < -0.4 is 10.2 Å². The Morgan fingerprint density at radius 3 is 2.61 bits per heavy atom. The van der Waals surface area contributed by atoms with Gasteiger partial charge in [0.2, 0.25) is 0 Å². The van der Waals surface area contributed by atoms with E-state index in [9.17, 15) is 9.90 Å². The van der Waals surface area contributed by atoms with Crippen LogP contribution in [-0.2, 0) is 24.2 Å². The molecule has 1 aliphatic heterocycles. The Labute approximate surface area is 243 Å². The molecule has 1 aliphatic carbocycles. The molecule has 0 radical (unpaired) electrons. The van der Waals surface area contributed by atoms with Gasteiger partial charge < -0.3 is 20.1 Å². The van der Waals surface area contributed by atoms with Crippen LogP contribution in [0.1, 0.15) is 87.5 Å². The molecule has 0 saturated carbocycles. The van der Waals surface area contributed by atoms with Crippen LogP contribution in [-0.4, -0.2) is 33.3 Å². The fourth-order valence-corrected chi connectivity index (χ4v) is 6.58. The summed E-state index contributed by atoms with van der Waals surface area (Å²) in [5.41, 5.74) is 6.13. The van der Waals surface area contributed by atoms with Crippen molar-refractivity contribution >= 4 is 23.2 Å². The summed E-state index contributed by atoms with van der Waals surface area (Å²) in [6.45, 7) is 12.9. The zero-order valence-electron chi connectivity index (χ0n) is 24.7. The van der Waals surface area contributed by atoms with Gasteiger partial charge in [0.1, 0.15) is 5.60 Å². The number of aliphatic hydroxyl groups excluding tert-OH is 1. The monoisotopic (exact) mass is 554 g/mol. The average Bonchev–Trinajstić information content (AvgIpc) is 3.50. The van der Waals surface area contributed by atoms with Crippen molar-refractivity contribution in [2.45, 2.75) is 84.5 Å². The second kappa shape index (κ2) is 11.6. The summed E-state index contributed by atoms with van der Waals surface area (Å²) in [4.78, 5) is 24.7. The summed E-state index contributed by atoms with van der Waals surface area (Å²) >= 11 is 0. The molecule has 0 fully saturated rings. The van der Waals surface area contributed by atoms with Crippen molar-refractivity contribution < 1.29 is 14.6 Å². The third kappa shape index (κ3) is 6.01. The van der Waals surface area contributed by atoms with Crippen molar-refractivity contribution in [3.05, 3.63) is 89.4 Å². The van der Waals surface area contributed by atoms with Crippen molar-refractivity contribution in [3.8, 4) is 0 Å². The van der Waals surface area contributed by atoms with E-state index < -0.39 is 11.7 Å². The first-order chi connectivity index (χ1) is 19.6. The lowest BCUT2D eigenvalue weighted by atomic mass is 9.72. The van der Waals surface area contributed by atoms with Gasteiger partial charge in [0, 0.05) is 12.2 Å². The average molecular weight is 555 g/mol. The highest BCUT2D eigenvalue weighted by atomic mass is 16.6. The highest BCUT2D eigenvalue weighted by Crippen LogP contribution is 2.52. The molecule has 1 aromatic heterocycles. The molecule has 41 heavy (non-hydrogen) atoms. The smallest absolute Gasteiger partial charge is 0.408 e. The maximum absolute atomic E-state index is 13.0. The van der Waals surface area contributed by atoms with E-state index in [-0.39, 0.29) is 18.1 Å². The standard InChI is InChI=1S/C34H42N4O3/c1-6-17-34(20-25-12-7-9-13-26(25)31(34)37-32(40)41-33(3,4)5)18-15-23(2)30-27(22-39)36-29(21-35-30)38-19-16-24-11-8-10-14-28(24)38/h7-14,21,31,39H,2,6,15-20,22H2,1,3-5H3,(H,37,40)/t31-,34?/m1/s1. The number of fused-ring (bicyclic) bond motifs is 2. The molecule has 7 nitrogen and oxygen atoms in total. The molecule has 7 heteroatoms. The van der Waals surface area contributed by atoms with Crippen LogP contribution in [0.15, 0.2) is 61.3 Å². The molecule has 2 aromatic carbocycles. The van der Waals surface area contributed by atoms with Gasteiger partial charge in [0.25, 0.3) is 0 Å². The van der Waals surface area contributed by atoms with E-state index >= 15 is 0 Å². The van der Waals surface area contributed by atoms with Gasteiger partial charge in [-0.1, -0.05) is 62.4 Å². The Morgan fingerprint density at radius 2 is 1.88 bits per heavy atom. The number of carbonyl (C=O) groups excluding carboxylic acids is 1. The molecule has 216 valence electrons. The Kier molecular flexibility index (Phi) is 8.18.